The molecule has 0 fully saturated rings. The lowest BCUT2D eigenvalue weighted by atomic mass is 9.89. The van der Waals surface area contributed by atoms with Gasteiger partial charge in [0.15, 0.2) is 11.4 Å². The van der Waals surface area contributed by atoms with Gasteiger partial charge in [-0.2, -0.15) is 0 Å². The molecule has 0 saturated carbocycles. The topological polar surface area (TPSA) is 70.5 Å². The monoisotopic (exact) mass is 316 g/mol. The van der Waals surface area contributed by atoms with Gasteiger partial charge in [-0.05, 0) is 30.3 Å². The summed E-state index contributed by atoms with van der Waals surface area (Å²) in [6.07, 6.45) is 1.12. The summed E-state index contributed by atoms with van der Waals surface area (Å²) in [6.45, 7) is 0. The highest BCUT2D eigenvalue weighted by Crippen LogP contribution is 2.43. The lowest BCUT2D eigenvalue weighted by Gasteiger charge is -2.21. The van der Waals surface area contributed by atoms with Crippen LogP contribution in [0.4, 0.5) is 5.69 Å². The van der Waals surface area contributed by atoms with Crippen LogP contribution in [0.1, 0.15) is 22.5 Å². The van der Waals surface area contributed by atoms with E-state index in [4.69, 9.17) is 11.6 Å². The van der Waals surface area contributed by atoms with E-state index in [-0.39, 0.29) is 12.1 Å². The van der Waals surface area contributed by atoms with Crippen molar-refractivity contribution in [3.8, 4) is 0 Å². The fourth-order valence-electron chi connectivity index (χ4n) is 2.66. The summed E-state index contributed by atoms with van der Waals surface area (Å²) in [7, 11) is 1.55. The summed E-state index contributed by atoms with van der Waals surface area (Å²) < 4.78 is 0. The third-order valence-electron chi connectivity index (χ3n) is 3.79. The number of pyridine rings is 1. The van der Waals surface area contributed by atoms with Crippen LogP contribution in [0.15, 0.2) is 42.6 Å². The first-order valence-corrected chi connectivity index (χ1v) is 7.06. The van der Waals surface area contributed by atoms with Crippen LogP contribution >= 0.6 is 11.6 Å². The first-order valence-electron chi connectivity index (χ1n) is 6.68. The van der Waals surface area contributed by atoms with Crippen LogP contribution in [0, 0.1) is 0 Å². The van der Waals surface area contributed by atoms with E-state index < -0.39 is 17.3 Å². The molecule has 0 saturated heterocycles. The maximum absolute atomic E-state index is 12.4. The molecule has 0 spiro atoms. The van der Waals surface area contributed by atoms with Gasteiger partial charge in [0.05, 0.1) is 12.1 Å². The number of carbonyl (C=O) groups excluding carboxylic acids is 2. The van der Waals surface area contributed by atoms with Gasteiger partial charge < -0.3 is 10.0 Å². The van der Waals surface area contributed by atoms with E-state index in [0.29, 0.717) is 16.3 Å². The van der Waals surface area contributed by atoms with Gasteiger partial charge in [-0.1, -0.05) is 17.7 Å². The van der Waals surface area contributed by atoms with Crippen molar-refractivity contribution in [3.05, 3.63) is 58.9 Å². The Balaban J connectivity index is 2.01. The van der Waals surface area contributed by atoms with Crippen molar-refractivity contribution in [2.24, 2.45) is 0 Å². The zero-order valence-electron chi connectivity index (χ0n) is 11.8. The number of aromatic nitrogens is 1. The predicted octanol–water partition coefficient (Wildman–Crippen LogP) is 2.17. The highest BCUT2D eigenvalue weighted by molar-refractivity contribution is 6.31. The number of halogens is 1. The van der Waals surface area contributed by atoms with Crippen LogP contribution in [-0.4, -0.2) is 28.8 Å². The Hall–Kier alpha value is -2.24. The quantitative estimate of drug-likeness (QED) is 0.881. The second-order valence-corrected chi connectivity index (χ2v) is 5.64. The molecule has 112 valence electrons. The Morgan fingerprint density at radius 3 is 2.82 bits per heavy atom. The Morgan fingerprint density at radius 1 is 1.36 bits per heavy atom. The molecule has 0 bridgehead atoms. The number of fused-ring (bicyclic) bond motifs is 1. The number of aliphatic hydroxyl groups is 1. The summed E-state index contributed by atoms with van der Waals surface area (Å²) in [5.74, 6) is -0.952. The third-order valence-corrected chi connectivity index (χ3v) is 4.03. The molecule has 0 aliphatic carbocycles. The molecule has 6 heteroatoms. The molecular formula is C16H13ClN2O3. The van der Waals surface area contributed by atoms with E-state index in [0.717, 1.165) is 0 Å². The molecule has 0 radical (unpaired) electrons. The molecule has 5 nitrogen and oxygen atoms in total. The molecule has 1 aromatic heterocycles. The number of hydrogen-bond donors (Lipinski definition) is 1. The molecule has 2 heterocycles. The molecule has 1 aliphatic rings. The van der Waals surface area contributed by atoms with Crippen molar-refractivity contribution < 1.29 is 14.7 Å². The molecular weight excluding hydrogens is 304 g/mol. The smallest absolute Gasteiger partial charge is 0.263 e. The average molecular weight is 317 g/mol. The van der Waals surface area contributed by atoms with Crippen LogP contribution < -0.4 is 4.90 Å². The second-order valence-electron chi connectivity index (χ2n) is 5.20. The number of amides is 1. The number of nitrogens with zero attached hydrogens (tertiary/aromatic N) is 2. The molecule has 3 rings (SSSR count). The lowest BCUT2D eigenvalue weighted by Crippen LogP contribution is -2.40. The number of rotatable bonds is 3. The van der Waals surface area contributed by atoms with E-state index in [1.54, 1.807) is 37.4 Å². The number of benzene rings is 1. The third kappa shape index (κ3) is 2.19. The van der Waals surface area contributed by atoms with Crippen molar-refractivity contribution in [2.75, 3.05) is 11.9 Å². The fourth-order valence-corrected chi connectivity index (χ4v) is 2.83. The van der Waals surface area contributed by atoms with Crippen LogP contribution in [0.3, 0.4) is 0 Å². The Morgan fingerprint density at radius 2 is 2.14 bits per heavy atom. The second kappa shape index (κ2) is 5.19. The fraction of sp³-hybridized carbons (Fsp3) is 0.188. The number of ketones is 1. The standard InChI is InChI=1S/C16H13ClN2O3/c1-19-13-6-5-10(17)8-11(13)16(22,15(19)21)9-14(20)12-4-2-3-7-18-12/h2-8,22H,9H2,1H3. The lowest BCUT2D eigenvalue weighted by molar-refractivity contribution is -0.135. The van der Waals surface area contributed by atoms with Crippen molar-refractivity contribution >= 4 is 29.0 Å². The van der Waals surface area contributed by atoms with Gasteiger partial charge in [-0.15, -0.1) is 0 Å². The Labute approximate surface area is 132 Å². The average Bonchev–Trinajstić information content (AvgIpc) is 2.70. The Bertz CT molecular complexity index is 763. The SMILES string of the molecule is CN1C(=O)C(O)(CC(=O)c2ccccn2)c2cc(Cl)ccc21. The van der Waals surface area contributed by atoms with Gasteiger partial charge >= 0.3 is 0 Å². The number of carbonyl (C=O) groups is 2. The van der Waals surface area contributed by atoms with E-state index >= 15 is 0 Å². The zero-order valence-corrected chi connectivity index (χ0v) is 12.5. The van der Waals surface area contributed by atoms with Gasteiger partial charge in [0.2, 0.25) is 0 Å². The van der Waals surface area contributed by atoms with Gasteiger partial charge in [-0.3, -0.25) is 14.6 Å². The molecule has 1 N–H and O–H groups in total. The minimum atomic E-state index is -1.91. The van der Waals surface area contributed by atoms with Crippen molar-refractivity contribution in [1.82, 2.24) is 4.98 Å². The molecule has 22 heavy (non-hydrogen) atoms. The first-order chi connectivity index (χ1) is 10.4. The normalized spacial score (nSPS) is 20.1. The maximum atomic E-state index is 12.4. The highest BCUT2D eigenvalue weighted by Gasteiger charge is 2.50. The first kappa shape index (κ1) is 14.7. The summed E-state index contributed by atoms with van der Waals surface area (Å²) in [6, 6.07) is 9.72. The largest absolute Gasteiger partial charge is 0.375 e. The van der Waals surface area contributed by atoms with Crippen molar-refractivity contribution in [3.63, 3.8) is 0 Å². The maximum Gasteiger partial charge on any atom is 0.263 e. The minimum Gasteiger partial charge on any atom is -0.375 e. The predicted molar refractivity (Wildman–Crippen MR) is 81.9 cm³/mol. The van der Waals surface area contributed by atoms with Crippen LogP contribution in [-0.2, 0) is 10.4 Å². The van der Waals surface area contributed by atoms with Gasteiger partial charge in [0.1, 0.15) is 5.69 Å². The number of Topliss-reactive ketones (excluding diaryl/α,β-unsaturated/α-hetero) is 1. The summed E-state index contributed by atoms with van der Waals surface area (Å²) >= 11 is 5.96. The zero-order chi connectivity index (χ0) is 15.9. The molecule has 1 atom stereocenters. The van der Waals surface area contributed by atoms with Crippen LogP contribution in [0.2, 0.25) is 5.02 Å². The molecule has 2 aromatic rings. The van der Waals surface area contributed by atoms with Crippen LogP contribution in [0.25, 0.3) is 0 Å². The molecule has 1 unspecified atom stereocenters. The van der Waals surface area contributed by atoms with E-state index in [9.17, 15) is 14.7 Å². The molecule has 1 amide bonds. The molecule has 1 aliphatic heterocycles. The number of likely N-dealkylation sites (N-methyl/N-ethyl adjacent to an activating group) is 1. The molecule has 1 aromatic carbocycles. The van der Waals surface area contributed by atoms with Crippen LogP contribution in [0.5, 0.6) is 0 Å². The van der Waals surface area contributed by atoms with Crippen molar-refractivity contribution in [2.45, 2.75) is 12.0 Å². The van der Waals surface area contributed by atoms with Gasteiger partial charge in [0, 0.05) is 23.8 Å². The van der Waals surface area contributed by atoms with E-state index in [2.05, 4.69) is 4.98 Å². The number of anilines is 1. The summed E-state index contributed by atoms with van der Waals surface area (Å²) in [4.78, 5) is 30.0. The highest BCUT2D eigenvalue weighted by atomic mass is 35.5. The Kier molecular flexibility index (Phi) is 3.47. The van der Waals surface area contributed by atoms with E-state index in [1.165, 1.54) is 17.2 Å². The summed E-state index contributed by atoms with van der Waals surface area (Å²) in [5.41, 5.74) is -0.812. The number of hydrogen-bond acceptors (Lipinski definition) is 4. The van der Waals surface area contributed by atoms with E-state index in [1.807, 2.05) is 0 Å². The summed E-state index contributed by atoms with van der Waals surface area (Å²) in [5, 5.41) is 11.2. The van der Waals surface area contributed by atoms with Gasteiger partial charge in [0.25, 0.3) is 5.91 Å². The van der Waals surface area contributed by atoms with Gasteiger partial charge in [-0.25, -0.2) is 0 Å². The van der Waals surface area contributed by atoms with Crippen molar-refractivity contribution in [1.29, 1.82) is 0 Å². The minimum absolute atomic E-state index is 0.210.